The summed E-state index contributed by atoms with van der Waals surface area (Å²) in [5, 5.41) is 13.6. The summed E-state index contributed by atoms with van der Waals surface area (Å²) in [7, 11) is 0. The number of aromatic nitrogens is 2. The third kappa shape index (κ3) is 5.32. The van der Waals surface area contributed by atoms with Gasteiger partial charge < -0.3 is 9.84 Å². The molecule has 0 saturated heterocycles. The second-order valence-electron chi connectivity index (χ2n) is 5.11. The van der Waals surface area contributed by atoms with E-state index in [1.54, 1.807) is 20.8 Å². The van der Waals surface area contributed by atoms with Gasteiger partial charge in [-0.3, -0.25) is 14.8 Å². The number of carboxylic acids is 1. The third-order valence-electron chi connectivity index (χ3n) is 1.96. The van der Waals surface area contributed by atoms with Crippen LogP contribution in [0.3, 0.4) is 0 Å². The van der Waals surface area contributed by atoms with E-state index in [4.69, 9.17) is 9.84 Å². The average molecular weight is 309 g/mol. The molecular weight excluding hydrogens is 295 g/mol. The summed E-state index contributed by atoms with van der Waals surface area (Å²) < 4.78 is 43.7. The largest absolute Gasteiger partial charge is 0.480 e. The molecule has 0 saturated carbocycles. The SMILES string of the molecule is CC(C)(C)OC(=O)Nc1cn(CC(=O)O)nc1C(F)(F)F. The van der Waals surface area contributed by atoms with Gasteiger partial charge in [-0.2, -0.15) is 18.3 Å². The Kier molecular flexibility index (Phi) is 4.49. The minimum atomic E-state index is -4.84. The molecule has 21 heavy (non-hydrogen) atoms. The van der Waals surface area contributed by atoms with Crippen LogP contribution in [0.25, 0.3) is 0 Å². The number of carbonyl (C=O) groups is 2. The van der Waals surface area contributed by atoms with Crippen LogP contribution in [-0.4, -0.2) is 32.6 Å². The summed E-state index contributed by atoms with van der Waals surface area (Å²) in [6, 6.07) is 0. The number of alkyl halides is 3. The molecule has 10 heteroatoms. The van der Waals surface area contributed by atoms with Crippen molar-refractivity contribution in [3.63, 3.8) is 0 Å². The van der Waals surface area contributed by atoms with Crippen LogP contribution in [0.1, 0.15) is 26.5 Å². The quantitative estimate of drug-likeness (QED) is 0.894. The molecule has 0 spiro atoms. The number of amides is 1. The lowest BCUT2D eigenvalue weighted by molar-refractivity contribution is -0.142. The summed E-state index contributed by atoms with van der Waals surface area (Å²) >= 11 is 0. The van der Waals surface area contributed by atoms with Gasteiger partial charge >= 0.3 is 18.2 Å². The van der Waals surface area contributed by atoms with Crippen molar-refractivity contribution >= 4 is 17.7 Å². The lowest BCUT2D eigenvalue weighted by Gasteiger charge is -2.19. The van der Waals surface area contributed by atoms with Crippen LogP contribution in [-0.2, 0) is 22.3 Å². The molecule has 0 unspecified atom stereocenters. The van der Waals surface area contributed by atoms with Crippen LogP contribution in [0.2, 0.25) is 0 Å². The molecule has 0 aromatic carbocycles. The van der Waals surface area contributed by atoms with Crippen molar-refractivity contribution in [3.05, 3.63) is 11.9 Å². The summed E-state index contributed by atoms with van der Waals surface area (Å²) in [5.74, 6) is -1.37. The molecule has 0 fully saturated rings. The maximum absolute atomic E-state index is 12.8. The van der Waals surface area contributed by atoms with E-state index < -0.39 is 41.8 Å². The molecule has 1 aromatic rings. The lowest BCUT2D eigenvalue weighted by atomic mass is 10.2. The van der Waals surface area contributed by atoms with Gasteiger partial charge in [0.2, 0.25) is 0 Å². The van der Waals surface area contributed by atoms with Crippen LogP contribution in [0.4, 0.5) is 23.7 Å². The maximum atomic E-state index is 12.8. The zero-order valence-corrected chi connectivity index (χ0v) is 11.5. The monoisotopic (exact) mass is 309 g/mol. The third-order valence-corrected chi connectivity index (χ3v) is 1.96. The molecule has 0 aliphatic carbocycles. The summed E-state index contributed by atoms with van der Waals surface area (Å²) in [6.07, 6.45) is -5.16. The molecule has 1 amide bonds. The van der Waals surface area contributed by atoms with Gasteiger partial charge in [0.05, 0.1) is 5.69 Å². The first-order valence-corrected chi connectivity index (χ1v) is 5.75. The molecular formula is C11H14F3N3O4. The smallest absolute Gasteiger partial charge is 0.437 e. The van der Waals surface area contributed by atoms with E-state index in [1.807, 2.05) is 5.32 Å². The predicted molar refractivity (Wildman–Crippen MR) is 64.7 cm³/mol. The Bertz CT molecular complexity index is 546. The number of aliphatic carboxylic acids is 1. The molecule has 0 aliphatic heterocycles. The Morgan fingerprint density at radius 3 is 2.38 bits per heavy atom. The Labute approximate surface area is 117 Å². The second-order valence-corrected chi connectivity index (χ2v) is 5.11. The average Bonchev–Trinajstić information content (AvgIpc) is 2.55. The van der Waals surface area contributed by atoms with E-state index in [9.17, 15) is 22.8 Å². The Morgan fingerprint density at radius 1 is 1.38 bits per heavy atom. The number of anilines is 1. The maximum Gasteiger partial charge on any atom is 0.437 e. The number of nitrogens with one attached hydrogen (secondary N) is 1. The minimum absolute atomic E-state index is 0.567. The van der Waals surface area contributed by atoms with Crippen LogP contribution in [0, 0.1) is 0 Å². The molecule has 0 radical (unpaired) electrons. The van der Waals surface area contributed by atoms with Crippen molar-refractivity contribution in [3.8, 4) is 0 Å². The fourth-order valence-corrected chi connectivity index (χ4v) is 1.36. The number of hydrogen-bond acceptors (Lipinski definition) is 4. The number of ether oxygens (including phenoxy) is 1. The summed E-state index contributed by atoms with van der Waals surface area (Å²) in [6.45, 7) is 3.88. The molecule has 0 bridgehead atoms. The number of carboxylic acid groups (broad SMARTS) is 1. The number of rotatable bonds is 3. The molecule has 118 valence electrons. The summed E-state index contributed by atoms with van der Waals surface area (Å²) in [4.78, 5) is 22.0. The first-order chi connectivity index (χ1) is 9.38. The van der Waals surface area contributed by atoms with E-state index in [1.165, 1.54) is 0 Å². The van der Waals surface area contributed by atoms with Crippen molar-refractivity contribution in [1.82, 2.24) is 9.78 Å². The fraction of sp³-hybridized carbons (Fsp3) is 0.545. The van der Waals surface area contributed by atoms with Gasteiger partial charge in [0.1, 0.15) is 12.1 Å². The Hall–Kier alpha value is -2.26. The molecule has 2 N–H and O–H groups in total. The van der Waals surface area contributed by atoms with Gasteiger partial charge in [0.25, 0.3) is 0 Å². The molecule has 7 nitrogen and oxygen atoms in total. The minimum Gasteiger partial charge on any atom is -0.480 e. The Morgan fingerprint density at radius 2 is 1.95 bits per heavy atom. The van der Waals surface area contributed by atoms with Crippen molar-refractivity contribution in [1.29, 1.82) is 0 Å². The molecule has 1 rings (SSSR count). The highest BCUT2D eigenvalue weighted by Gasteiger charge is 2.38. The molecule has 1 aromatic heterocycles. The number of halogens is 3. The van der Waals surface area contributed by atoms with E-state index >= 15 is 0 Å². The normalized spacial score (nSPS) is 12.1. The lowest BCUT2D eigenvalue weighted by Crippen LogP contribution is -2.27. The van der Waals surface area contributed by atoms with Gasteiger partial charge in [-0.25, -0.2) is 4.79 Å². The van der Waals surface area contributed by atoms with Crippen molar-refractivity contribution < 1.29 is 32.6 Å². The van der Waals surface area contributed by atoms with Gasteiger partial charge in [-0.05, 0) is 20.8 Å². The standard InChI is InChI=1S/C11H14F3N3O4/c1-10(2,3)21-9(20)15-6-4-17(5-7(18)19)16-8(6)11(12,13)14/h4H,5H2,1-3H3,(H,15,20)(H,18,19). The number of nitrogens with zero attached hydrogens (tertiary/aromatic N) is 2. The molecule has 0 atom stereocenters. The van der Waals surface area contributed by atoms with E-state index in [0.717, 1.165) is 6.20 Å². The van der Waals surface area contributed by atoms with E-state index in [2.05, 4.69) is 5.10 Å². The predicted octanol–water partition coefficient (Wildman–Crippen LogP) is 2.33. The molecule has 1 heterocycles. The first-order valence-electron chi connectivity index (χ1n) is 5.75. The van der Waals surface area contributed by atoms with Crippen molar-refractivity contribution in [2.45, 2.75) is 39.1 Å². The number of carbonyl (C=O) groups excluding carboxylic acids is 1. The Balaban J connectivity index is 3.01. The highest BCUT2D eigenvalue weighted by Crippen LogP contribution is 2.33. The van der Waals surface area contributed by atoms with Gasteiger partial charge in [-0.15, -0.1) is 0 Å². The fourth-order valence-electron chi connectivity index (χ4n) is 1.36. The highest BCUT2D eigenvalue weighted by atomic mass is 19.4. The summed E-state index contributed by atoms with van der Waals surface area (Å²) in [5.41, 5.74) is -2.95. The van der Waals surface area contributed by atoms with Crippen LogP contribution in [0.15, 0.2) is 6.20 Å². The topological polar surface area (TPSA) is 93.5 Å². The van der Waals surface area contributed by atoms with E-state index in [-0.39, 0.29) is 0 Å². The van der Waals surface area contributed by atoms with Crippen LogP contribution < -0.4 is 5.32 Å². The zero-order chi connectivity index (χ0) is 16.4. The van der Waals surface area contributed by atoms with Crippen molar-refractivity contribution in [2.75, 3.05) is 5.32 Å². The van der Waals surface area contributed by atoms with Crippen LogP contribution >= 0.6 is 0 Å². The molecule has 0 aliphatic rings. The van der Waals surface area contributed by atoms with Gasteiger partial charge in [0.15, 0.2) is 5.69 Å². The van der Waals surface area contributed by atoms with E-state index in [0.29, 0.717) is 4.68 Å². The number of hydrogen-bond donors (Lipinski definition) is 2. The zero-order valence-electron chi connectivity index (χ0n) is 11.5. The van der Waals surface area contributed by atoms with Gasteiger partial charge in [0, 0.05) is 6.20 Å². The first kappa shape index (κ1) is 16.8. The van der Waals surface area contributed by atoms with Crippen LogP contribution in [0.5, 0.6) is 0 Å². The van der Waals surface area contributed by atoms with Gasteiger partial charge in [-0.1, -0.05) is 0 Å². The second kappa shape index (κ2) is 5.62. The highest BCUT2D eigenvalue weighted by molar-refractivity contribution is 5.85. The van der Waals surface area contributed by atoms with Crippen molar-refractivity contribution in [2.24, 2.45) is 0 Å².